The van der Waals surface area contributed by atoms with E-state index in [1.165, 1.54) is 0 Å². The summed E-state index contributed by atoms with van der Waals surface area (Å²) in [4.78, 5) is 39.8. The number of fused-ring (bicyclic) bond motifs is 1. The van der Waals surface area contributed by atoms with Crippen LogP contribution in [-0.4, -0.2) is 18.0 Å². The molecule has 1 aliphatic rings. The van der Waals surface area contributed by atoms with E-state index in [-0.39, 0.29) is 22.5 Å². The van der Waals surface area contributed by atoms with Crippen molar-refractivity contribution in [3.8, 4) is 0 Å². The van der Waals surface area contributed by atoms with Crippen LogP contribution in [0, 0.1) is 0 Å². The summed E-state index contributed by atoms with van der Waals surface area (Å²) in [6, 6.07) is 19.6. The molecule has 1 N–H and O–H groups in total. The van der Waals surface area contributed by atoms with Gasteiger partial charge in [-0.2, -0.15) is 0 Å². The van der Waals surface area contributed by atoms with Crippen molar-refractivity contribution in [2.45, 2.75) is 0 Å². The highest BCUT2D eigenvalue weighted by Crippen LogP contribution is 2.32. The quantitative estimate of drug-likeness (QED) is 0.546. The van der Waals surface area contributed by atoms with E-state index in [1.54, 1.807) is 72.8 Å². The Balaban J connectivity index is 1.90. The van der Waals surface area contributed by atoms with E-state index in [0.29, 0.717) is 27.8 Å². The summed E-state index contributed by atoms with van der Waals surface area (Å²) in [5.41, 5.74) is 1.40. The Labute approximate surface area is 182 Å². The monoisotopic (exact) mass is 436 g/mol. The van der Waals surface area contributed by atoms with Crippen LogP contribution >= 0.6 is 23.2 Å². The van der Waals surface area contributed by atoms with E-state index in [1.807, 2.05) is 0 Å². The Hall–Kier alpha value is -3.41. The third kappa shape index (κ3) is 3.61. The number of halogens is 2. The number of carbonyl (C=O) groups excluding carboxylic acids is 3. The summed E-state index contributed by atoms with van der Waals surface area (Å²) < 4.78 is 0. The topological polar surface area (TPSA) is 66.5 Å². The molecule has 5 nitrogen and oxygen atoms in total. The van der Waals surface area contributed by atoms with Gasteiger partial charge in [0.1, 0.15) is 11.4 Å². The SMILES string of the molecule is O=CN(C1=C(Nc2ccc(Cl)cc2)C(=O)c2ccccc2C1=O)c1ccc(Cl)cc1. The molecule has 0 fully saturated rings. The largest absolute Gasteiger partial charge is 0.350 e. The van der Waals surface area contributed by atoms with E-state index < -0.39 is 11.6 Å². The van der Waals surface area contributed by atoms with Crippen molar-refractivity contribution < 1.29 is 14.4 Å². The fourth-order valence-corrected chi connectivity index (χ4v) is 3.48. The van der Waals surface area contributed by atoms with Crippen LogP contribution in [0.2, 0.25) is 10.0 Å². The Kier molecular flexibility index (Phi) is 5.40. The van der Waals surface area contributed by atoms with Crippen molar-refractivity contribution in [1.82, 2.24) is 0 Å². The predicted molar refractivity (Wildman–Crippen MR) is 117 cm³/mol. The maximum absolute atomic E-state index is 13.4. The highest BCUT2D eigenvalue weighted by Gasteiger charge is 2.36. The van der Waals surface area contributed by atoms with Crippen LogP contribution in [0.1, 0.15) is 20.7 Å². The lowest BCUT2D eigenvalue weighted by Crippen LogP contribution is -2.35. The molecule has 0 saturated carbocycles. The van der Waals surface area contributed by atoms with Gasteiger partial charge in [0.05, 0.1) is 0 Å². The van der Waals surface area contributed by atoms with E-state index in [2.05, 4.69) is 5.32 Å². The number of rotatable bonds is 5. The number of allylic oxidation sites excluding steroid dienone is 2. The second-order valence-corrected chi connectivity index (χ2v) is 7.38. The normalized spacial score (nSPS) is 13.1. The zero-order chi connectivity index (χ0) is 21.3. The molecule has 0 heterocycles. The van der Waals surface area contributed by atoms with Crippen LogP contribution in [0.3, 0.4) is 0 Å². The molecule has 4 rings (SSSR count). The van der Waals surface area contributed by atoms with Gasteiger partial charge in [-0.15, -0.1) is 0 Å². The zero-order valence-electron chi connectivity index (χ0n) is 15.4. The molecule has 0 saturated heterocycles. The first-order valence-electron chi connectivity index (χ1n) is 8.95. The lowest BCUT2D eigenvalue weighted by molar-refractivity contribution is -0.107. The van der Waals surface area contributed by atoms with Crippen molar-refractivity contribution in [3.05, 3.63) is 105 Å². The summed E-state index contributed by atoms with van der Waals surface area (Å²) in [5.74, 6) is -0.834. The van der Waals surface area contributed by atoms with Gasteiger partial charge in [-0.05, 0) is 48.5 Å². The Morgan fingerprint density at radius 2 is 1.27 bits per heavy atom. The number of carbonyl (C=O) groups is 3. The molecule has 1 aliphatic carbocycles. The molecule has 0 radical (unpaired) electrons. The van der Waals surface area contributed by atoms with Crippen LogP contribution in [0.4, 0.5) is 11.4 Å². The minimum absolute atomic E-state index is 0.00284. The second kappa shape index (κ2) is 8.14. The molecule has 0 atom stereocenters. The van der Waals surface area contributed by atoms with Gasteiger partial charge in [0.15, 0.2) is 0 Å². The number of anilines is 2. The summed E-state index contributed by atoms with van der Waals surface area (Å²) >= 11 is 11.9. The molecule has 3 aromatic carbocycles. The van der Waals surface area contributed by atoms with Gasteiger partial charge < -0.3 is 5.32 Å². The summed E-state index contributed by atoms with van der Waals surface area (Å²) in [5, 5.41) is 4.01. The minimum atomic E-state index is -0.441. The third-order valence-corrected chi connectivity index (χ3v) is 5.16. The maximum Gasteiger partial charge on any atom is 0.218 e. The van der Waals surface area contributed by atoms with Crippen LogP contribution in [0.5, 0.6) is 0 Å². The third-order valence-electron chi connectivity index (χ3n) is 4.66. The van der Waals surface area contributed by atoms with Crippen molar-refractivity contribution in [3.63, 3.8) is 0 Å². The van der Waals surface area contributed by atoms with Gasteiger partial charge in [0, 0.05) is 32.5 Å². The molecule has 30 heavy (non-hydrogen) atoms. The first-order valence-corrected chi connectivity index (χ1v) is 9.70. The lowest BCUT2D eigenvalue weighted by atomic mass is 9.89. The Morgan fingerprint density at radius 3 is 1.83 bits per heavy atom. The first-order chi connectivity index (χ1) is 14.5. The Bertz CT molecular complexity index is 1190. The minimum Gasteiger partial charge on any atom is -0.350 e. The number of nitrogens with zero attached hydrogens (tertiary/aromatic N) is 1. The number of benzene rings is 3. The molecule has 7 heteroatoms. The molecule has 0 unspecified atom stereocenters. The van der Waals surface area contributed by atoms with Gasteiger partial charge in [0.25, 0.3) is 0 Å². The number of hydrogen-bond acceptors (Lipinski definition) is 4. The van der Waals surface area contributed by atoms with Gasteiger partial charge in [0.2, 0.25) is 18.0 Å². The van der Waals surface area contributed by atoms with E-state index in [0.717, 1.165) is 4.90 Å². The average Bonchev–Trinajstić information content (AvgIpc) is 2.77. The highest BCUT2D eigenvalue weighted by atomic mass is 35.5. The molecular weight excluding hydrogens is 423 g/mol. The van der Waals surface area contributed by atoms with E-state index in [4.69, 9.17) is 23.2 Å². The molecule has 0 aromatic heterocycles. The second-order valence-electron chi connectivity index (χ2n) is 6.51. The maximum atomic E-state index is 13.4. The fourth-order valence-electron chi connectivity index (χ4n) is 3.23. The van der Waals surface area contributed by atoms with E-state index in [9.17, 15) is 14.4 Å². The number of ketones is 2. The highest BCUT2D eigenvalue weighted by molar-refractivity contribution is 6.31. The standard InChI is InChI=1S/C23H14Cl2N2O3/c24-14-5-9-16(10-6-14)26-20-21(27(13-28)17-11-7-15(25)8-12-17)23(30)19-4-2-1-3-18(19)22(20)29/h1-13,26H. The van der Waals surface area contributed by atoms with Gasteiger partial charge >= 0.3 is 0 Å². The smallest absolute Gasteiger partial charge is 0.218 e. The van der Waals surface area contributed by atoms with Gasteiger partial charge in [-0.3, -0.25) is 19.3 Å². The number of nitrogens with one attached hydrogen (secondary N) is 1. The van der Waals surface area contributed by atoms with Crippen LogP contribution < -0.4 is 10.2 Å². The lowest BCUT2D eigenvalue weighted by Gasteiger charge is -2.27. The number of hydrogen-bond donors (Lipinski definition) is 1. The summed E-state index contributed by atoms with van der Waals surface area (Å²) in [6.45, 7) is 0. The number of Topliss-reactive ketones (excluding diaryl/α,β-unsaturated/α-hetero) is 2. The molecule has 0 aliphatic heterocycles. The van der Waals surface area contributed by atoms with Crippen LogP contribution in [-0.2, 0) is 4.79 Å². The Morgan fingerprint density at radius 1 is 0.733 bits per heavy atom. The summed E-state index contributed by atoms with van der Waals surface area (Å²) in [6.07, 6.45) is 0.501. The van der Waals surface area contributed by atoms with Crippen molar-refractivity contribution in [2.24, 2.45) is 0 Å². The van der Waals surface area contributed by atoms with Crippen LogP contribution in [0.15, 0.2) is 84.2 Å². The average molecular weight is 437 g/mol. The first kappa shape index (κ1) is 19.9. The zero-order valence-corrected chi connectivity index (χ0v) is 16.9. The van der Waals surface area contributed by atoms with Gasteiger partial charge in [-0.25, -0.2) is 0 Å². The molecule has 0 bridgehead atoms. The van der Waals surface area contributed by atoms with E-state index >= 15 is 0 Å². The predicted octanol–water partition coefficient (Wildman–Crippen LogP) is 5.36. The molecule has 3 aromatic rings. The van der Waals surface area contributed by atoms with Crippen molar-refractivity contribution in [2.75, 3.05) is 10.2 Å². The van der Waals surface area contributed by atoms with Crippen LogP contribution in [0.25, 0.3) is 0 Å². The van der Waals surface area contributed by atoms with Crippen molar-refractivity contribution >= 4 is 52.6 Å². The molecule has 0 spiro atoms. The summed E-state index contributed by atoms with van der Waals surface area (Å²) in [7, 11) is 0. The molecule has 1 amide bonds. The molecular formula is C23H14Cl2N2O3. The van der Waals surface area contributed by atoms with Gasteiger partial charge in [-0.1, -0.05) is 47.5 Å². The number of amides is 1. The van der Waals surface area contributed by atoms with Crippen molar-refractivity contribution in [1.29, 1.82) is 0 Å². The fraction of sp³-hybridized carbons (Fsp3) is 0. The molecule has 148 valence electrons.